The third-order valence-electron chi connectivity index (χ3n) is 7.04. The quantitative estimate of drug-likeness (QED) is 0.176. The van der Waals surface area contributed by atoms with Crippen molar-refractivity contribution < 1.29 is 24.5 Å². The van der Waals surface area contributed by atoms with Crippen molar-refractivity contribution in [1.29, 1.82) is 0 Å². The van der Waals surface area contributed by atoms with E-state index in [0.29, 0.717) is 10.8 Å². The molecule has 1 fully saturated rings. The van der Waals surface area contributed by atoms with Gasteiger partial charge in [-0.05, 0) is 55.5 Å². The predicted octanol–water partition coefficient (Wildman–Crippen LogP) is 2.50. The topological polar surface area (TPSA) is 148 Å². The van der Waals surface area contributed by atoms with Crippen LogP contribution in [0.15, 0.2) is 65.7 Å². The summed E-state index contributed by atoms with van der Waals surface area (Å²) in [6.45, 7) is 2.40. The molecule has 0 radical (unpaired) electrons. The summed E-state index contributed by atoms with van der Waals surface area (Å²) < 4.78 is 5.52. The lowest BCUT2D eigenvalue weighted by molar-refractivity contribution is -0.121. The number of amides is 2. The molecule has 2 aliphatic heterocycles. The molecule has 11 nitrogen and oxygen atoms in total. The monoisotopic (exact) mass is 578 g/mol. The van der Waals surface area contributed by atoms with Gasteiger partial charge >= 0.3 is 0 Å². The van der Waals surface area contributed by atoms with Crippen LogP contribution in [0.1, 0.15) is 34.8 Å². The molecule has 0 spiro atoms. The molecule has 214 valence electrons. The summed E-state index contributed by atoms with van der Waals surface area (Å²) in [5, 5.41) is 25.2. The number of methoxy groups -OCH3 is 1. The second-order valence-corrected chi connectivity index (χ2v) is 10.2. The number of hydrogen-bond donors (Lipinski definition) is 6. The summed E-state index contributed by atoms with van der Waals surface area (Å²) in [5.74, 6) is -0.663. The molecule has 0 bridgehead atoms. The first-order chi connectivity index (χ1) is 19.7. The molecule has 2 heterocycles. The Morgan fingerprint density at radius 1 is 1.00 bits per heavy atom. The number of hydrazine groups is 1. The minimum Gasteiger partial charge on any atom is -0.504 e. The first-order valence-electron chi connectivity index (χ1n) is 13.1. The van der Waals surface area contributed by atoms with E-state index in [0.717, 1.165) is 22.5 Å². The molecule has 2 amide bonds. The molecule has 0 aliphatic carbocycles. The Morgan fingerprint density at radius 3 is 2.49 bits per heavy atom. The maximum atomic E-state index is 13.1. The van der Waals surface area contributed by atoms with Crippen molar-refractivity contribution in [2.24, 2.45) is 4.99 Å². The van der Waals surface area contributed by atoms with Crippen LogP contribution in [-0.2, 0) is 4.79 Å². The number of anilines is 1. The van der Waals surface area contributed by atoms with Gasteiger partial charge < -0.3 is 30.5 Å². The van der Waals surface area contributed by atoms with Crippen molar-refractivity contribution in [3.8, 4) is 17.2 Å². The van der Waals surface area contributed by atoms with Crippen LogP contribution in [0, 0.1) is 0 Å². The zero-order chi connectivity index (χ0) is 29.1. The number of carbonyl (C=O) groups excluding carboxylic acids is 2. The number of carbonyl (C=O) groups is 2. The van der Waals surface area contributed by atoms with E-state index in [-0.39, 0.29) is 54.8 Å². The lowest BCUT2D eigenvalue weighted by Gasteiger charge is -2.31. The van der Waals surface area contributed by atoms with Gasteiger partial charge in [-0.1, -0.05) is 23.7 Å². The van der Waals surface area contributed by atoms with E-state index >= 15 is 0 Å². The van der Waals surface area contributed by atoms with Gasteiger partial charge in [0.1, 0.15) is 11.9 Å². The Labute approximate surface area is 242 Å². The molecule has 2 aliphatic rings. The van der Waals surface area contributed by atoms with E-state index in [1.165, 1.54) is 18.2 Å². The largest absolute Gasteiger partial charge is 0.504 e. The molecule has 5 rings (SSSR count). The maximum Gasteiger partial charge on any atom is 0.251 e. The van der Waals surface area contributed by atoms with Crippen LogP contribution in [-0.4, -0.2) is 66.3 Å². The van der Waals surface area contributed by atoms with Gasteiger partial charge in [0.2, 0.25) is 5.91 Å². The molecule has 1 saturated heterocycles. The van der Waals surface area contributed by atoms with Crippen LogP contribution in [0.3, 0.4) is 0 Å². The van der Waals surface area contributed by atoms with E-state index in [9.17, 15) is 19.8 Å². The smallest absolute Gasteiger partial charge is 0.251 e. The zero-order valence-electron chi connectivity index (χ0n) is 22.5. The fraction of sp³-hybridized carbons (Fsp3) is 0.276. The van der Waals surface area contributed by atoms with E-state index < -0.39 is 11.9 Å². The van der Waals surface area contributed by atoms with Gasteiger partial charge in [0.25, 0.3) is 5.91 Å². The number of fused-ring (bicyclic) bond motifs is 3. The fourth-order valence-corrected chi connectivity index (χ4v) is 5.12. The average molecular weight is 579 g/mol. The number of phenolic OH excluding ortho intramolecular Hbond substituents is 2. The van der Waals surface area contributed by atoms with Crippen LogP contribution in [0.5, 0.6) is 17.2 Å². The average Bonchev–Trinajstić information content (AvgIpc) is 3.29. The third kappa shape index (κ3) is 6.07. The van der Waals surface area contributed by atoms with Gasteiger partial charge in [0.05, 0.1) is 31.4 Å². The van der Waals surface area contributed by atoms with Crippen LogP contribution in [0.25, 0.3) is 0 Å². The van der Waals surface area contributed by atoms with Crippen LogP contribution in [0.2, 0.25) is 5.02 Å². The number of aromatic hydroxyl groups is 2. The van der Waals surface area contributed by atoms with E-state index in [4.69, 9.17) is 21.3 Å². The Kier molecular flexibility index (Phi) is 8.29. The Balaban J connectivity index is 1.33. The highest BCUT2D eigenvalue weighted by Crippen LogP contribution is 2.36. The zero-order valence-corrected chi connectivity index (χ0v) is 23.3. The van der Waals surface area contributed by atoms with E-state index in [1.807, 2.05) is 49.4 Å². The van der Waals surface area contributed by atoms with E-state index in [1.54, 1.807) is 7.11 Å². The first kappa shape index (κ1) is 28.2. The normalized spacial score (nSPS) is 19.4. The lowest BCUT2D eigenvalue weighted by Crippen LogP contribution is -2.48. The first-order valence-corrected chi connectivity index (χ1v) is 13.5. The van der Waals surface area contributed by atoms with Crippen molar-refractivity contribution in [2.75, 3.05) is 25.1 Å². The van der Waals surface area contributed by atoms with Crippen molar-refractivity contribution in [3.63, 3.8) is 0 Å². The van der Waals surface area contributed by atoms with Gasteiger partial charge in [-0.15, -0.1) is 0 Å². The molecule has 0 aromatic heterocycles. The number of phenols is 2. The summed E-state index contributed by atoms with van der Waals surface area (Å²) in [6, 6.07) is 16.6. The number of aliphatic imine (C=N–C) groups is 1. The molecular formula is C29H31ClN6O5. The highest BCUT2D eigenvalue weighted by Gasteiger charge is 2.40. The molecular weight excluding hydrogens is 548 g/mol. The van der Waals surface area contributed by atoms with Gasteiger partial charge in [0, 0.05) is 40.5 Å². The summed E-state index contributed by atoms with van der Waals surface area (Å²) in [4.78, 5) is 32.7. The Bertz CT molecular complexity index is 1480. The van der Waals surface area contributed by atoms with Crippen LogP contribution < -0.4 is 31.1 Å². The van der Waals surface area contributed by atoms with Crippen molar-refractivity contribution in [2.45, 2.75) is 31.7 Å². The molecule has 3 atom stereocenters. The van der Waals surface area contributed by atoms with Gasteiger partial charge in [-0.3, -0.25) is 14.6 Å². The molecule has 41 heavy (non-hydrogen) atoms. The molecule has 0 saturated carbocycles. The predicted molar refractivity (Wildman–Crippen MR) is 156 cm³/mol. The second-order valence-electron chi connectivity index (χ2n) is 9.77. The number of benzene rings is 3. The molecule has 3 aromatic carbocycles. The molecule has 12 heteroatoms. The Morgan fingerprint density at radius 2 is 1.76 bits per heavy atom. The number of nitrogens with one attached hydrogen (secondary N) is 4. The number of nitrogens with zero attached hydrogens (tertiary/aromatic N) is 2. The molecule has 6 N–H and O–H groups in total. The summed E-state index contributed by atoms with van der Waals surface area (Å²) in [6.07, 6.45) is -0.300. The highest BCUT2D eigenvalue weighted by atomic mass is 35.5. The molecule has 3 aromatic rings. The van der Waals surface area contributed by atoms with E-state index in [2.05, 4.69) is 26.4 Å². The number of hydrogen-bond acceptors (Lipinski definition) is 9. The molecule has 3 unspecified atom stereocenters. The summed E-state index contributed by atoms with van der Waals surface area (Å²) >= 11 is 6.17. The number of rotatable bonds is 8. The number of halogens is 1. The van der Waals surface area contributed by atoms with Crippen molar-refractivity contribution in [1.82, 2.24) is 21.5 Å². The lowest BCUT2D eigenvalue weighted by atomic mass is 9.99. The van der Waals surface area contributed by atoms with Crippen molar-refractivity contribution >= 4 is 34.8 Å². The summed E-state index contributed by atoms with van der Waals surface area (Å²) in [5.41, 5.74) is 10.2. The van der Waals surface area contributed by atoms with Crippen molar-refractivity contribution in [3.05, 3.63) is 82.4 Å². The van der Waals surface area contributed by atoms with Gasteiger partial charge in [0.15, 0.2) is 11.5 Å². The fourth-order valence-electron chi connectivity index (χ4n) is 4.99. The van der Waals surface area contributed by atoms with Gasteiger partial charge in [-0.2, -0.15) is 0 Å². The minimum atomic E-state index is -0.467. The second kappa shape index (κ2) is 12.0. The van der Waals surface area contributed by atoms with Crippen LogP contribution >= 0.6 is 11.6 Å². The van der Waals surface area contributed by atoms with Gasteiger partial charge in [-0.25, -0.2) is 10.9 Å². The Hall–Kier alpha value is -4.32. The minimum absolute atomic E-state index is 0.0768. The summed E-state index contributed by atoms with van der Waals surface area (Å²) in [7, 11) is 1.62. The number of ether oxygens (including phenoxy) is 1. The third-order valence-corrected chi connectivity index (χ3v) is 7.29. The van der Waals surface area contributed by atoms with Crippen LogP contribution in [0.4, 0.5) is 5.69 Å². The highest BCUT2D eigenvalue weighted by molar-refractivity contribution is 6.30. The standard InChI is InChI=1S/C29H31ClN6O5/c1-16-34-35-28-22(15-26(39)31-11-12-32-29(40)18-5-10-24(37)25(38)13-18)33-27(17-3-6-19(30)7-4-17)21-14-20(41-2)8-9-23(21)36(16)28/h3-10,13-14,16,22,28,34-35,37-38H,11-12,15H2,1-2H3,(H,31,39)(H,32,40). The maximum absolute atomic E-state index is 13.1. The SMILES string of the molecule is COc1ccc2c(c1)C(c1ccc(Cl)cc1)=NC(CC(=O)NCCNC(=O)c1ccc(O)c(O)c1)C1NNC(C)N21.